The summed E-state index contributed by atoms with van der Waals surface area (Å²) in [6, 6.07) is 9.60. The van der Waals surface area contributed by atoms with Gasteiger partial charge in [-0.05, 0) is 37.6 Å². The van der Waals surface area contributed by atoms with Crippen LogP contribution in [0.5, 0.6) is 0 Å². The summed E-state index contributed by atoms with van der Waals surface area (Å²) in [6.07, 6.45) is 1.67. The Morgan fingerprint density at radius 3 is 2.65 bits per heavy atom. The van der Waals surface area contributed by atoms with Crippen molar-refractivity contribution in [3.8, 4) is 0 Å². The molecule has 0 aliphatic heterocycles. The van der Waals surface area contributed by atoms with Gasteiger partial charge >= 0.3 is 0 Å². The van der Waals surface area contributed by atoms with Gasteiger partial charge in [-0.15, -0.1) is 0 Å². The van der Waals surface area contributed by atoms with Crippen LogP contribution < -0.4 is 10.2 Å². The highest BCUT2D eigenvalue weighted by Crippen LogP contribution is 2.23. The number of hydrogen-bond acceptors (Lipinski definition) is 3. The smallest absolute Gasteiger partial charge is 0.261 e. The van der Waals surface area contributed by atoms with Crippen molar-refractivity contribution in [2.24, 2.45) is 0 Å². The van der Waals surface area contributed by atoms with E-state index in [-0.39, 0.29) is 5.91 Å². The molecule has 0 saturated heterocycles. The fraction of sp³-hybridized carbons (Fsp3) is 0.250. The number of nitrogens with zero attached hydrogens (tertiary/aromatic N) is 2. The summed E-state index contributed by atoms with van der Waals surface area (Å²) in [6.45, 7) is 4.05. The van der Waals surface area contributed by atoms with Gasteiger partial charge in [0.15, 0.2) is 0 Å². The van der Waals surface area contributed by atoms with Crippen LogP contribution in [0.4, 0.5) is 11.5 Å². The third-order valence-corrected chi connectivity index (χ3v) is 3.29. The predicted molar refractivity (Wildman–Crippen MR) is 82.4 cm³/mol. The predicted octanol–water partition coefficient (Wildman–Crippen LogP) is 3.02. The summed E-state index contributed by atoms with van der Waals surface area (Å²) in [5, 5.41) is 2.95. The SMILES string of the molecule is CNc1ncccc1C(=O)N(C)c1ccc(C)cc1C. The maximum atomic E-state index is 12.6. The van der Waals surface area contributed by atoms with Crippen LogP contribution in [0.3, 0.4) is 0 Å². The fourth-order valence-corrected chi connectivity index (χ4v) is 2.25. The van der Waals surface area contributed by atoms with Crippen LogP contribution in [0, 0.1) is 13.8 Å². The number of hydrogen-bond donors (Lipinski definition) is 1. The first-order valence-electron chi connectivity index (χ1n) is 6.52. The van der Waals surface area contributed by atoms with Crippen molar-refractivity contribution in [3.63, 3.8) is 0 Å². The molecule has 0 unspecified atom stereocenters. The summed E-state index contributed by atoms with van der Waals surface area (Å²) in [7, 11) is 3.54. The van der Waals surface area contributed by atoms with Crippen LogP contribution in [-0.2, 0) is 0 Å². The van der Waals surface area contributed by atoms with E-state index in [1.54, 1.807) is 37.3 Å². The molecule has 0 spiro atoms. The van der Waals surface area contributed by atoms with E-state index >= 15 is 0 Å². The lowest BCUT2D eigenvalue weighted by Crippen LogP contribution is -2.27. The van der Waals surface area contributed by atoms with Crippen LogP contribution in [0.2, 0.25) is 0 Å². The Balaban J connectivity index is 2.37. The average Bonchev–Trinajstić information content (AvgIpc) is 2.45. The van der Waals surface area contributed by atoms with Crippen molar-refractivity contribution >= 4 is 17.4 Å². The highest BCUT2D eigenvalue weighted by Gasteiger charge is 2.18. The number of aryl methyl sites for hydroxylation is 2. The standard InChI is InChI=1S/C16H19N3O/c1-11-7-8-14(12(2)10-11)19(4)16(20)13-6-5-9-18-15(13)17-3/h5-10H,1-4H3,(H,17,18). The number of benzene rings is 1. The molecule has 1 amide bonds. The lowest BCUT2D eigenvalue weighted by Gasteiger charge is -2.21. The van der Waals surface area contributed by atoms with Crippen molar-refractivity contribution in [2.75, 3.05) is 24.3 Å². The number of anilines is 2. The van der Waals surface area contributed by atoms with Gasteiger partial charge in [-0.25, -0.2) is 4.98 Å². The molecule has 1 heterocycles. The number of carbonyl (C=O) groups is 1. The zero-order valence-electron chi connectivity index (χ0n) is 12.3. The molecule has 2 rings (SSSR count). The lowest BCUT2D eigenvalue weighted by molar-refractivity contribution is 0.0993. The molecule has 0 saturated carbocycles. The second-order valence-corrected chi connectivity index (χ2v) is 4.80. The Hall–Kier alpha value is -2.36. The molecule has 0 bridgehead atoms. The second kappa shape index (κ2) is 5.74. The highest BCUT2D eigenvalue weighted by molar-refractivity contribution is 6.09. The minimum atomic E-state index is -0.0746. The number of rotatable bonds is 3. The molecule has 20 heavy (non-hydrogen) atoms. The molecule has 4 heteroatoms. The fourth-order valence-electron chi connectivity index (χ4n) is 2.25. The van der Waals surface area contributed by atoms with Crippen LogP contribution in [-0.4, -0.2) is 25.0 Å². The van der Waals surface area contributed by atoms with Gasteiger partial charge in [-0.2, -0.15) is 0 Å². The van der Waals surface area contributed by atoms with E-state index in [0.29, 0.717) is 11.4 Å². The molecule has 104 valence electrons. The van der Waals surface area contributed by atoms with Crippen LogP contribution >= 0.6 is 0 Å². The summed E-state index contributed by atoms with van der Waals surface area (Å²) < 4.78 is 0. The van der Waals surface area contributed by atoms with E-state index in [2.05, 4.69) is 16.4 Å². The number of carbonyl (C=O) groups excluding carboxylic acids is 1. The van der Waals surface area contributed by atoms with Crippen molar-refractivity contribution < 1.29 is 4.79 Å². The average molecular weight is 269 g/mol. The third-order valence-electron chi connectivity index (χ3n) is 3.29. The van der Waals surface area contributed by atoms with Crippen molar-refractivity contribution in [1.29, 1.82) is 0 Å². The lowest BCUT2D eigenvalue weighted by atomic mass is 10.1. The van der Waals surface area contributed by atoms with Crippen molar-refractivity contribution in [3.05, 3.63) is 53.2 Å². The molecule has 0 aliphatic carbocycles. The van der Waals surface area contributed by atoms with Gasteiger partial charge < -0.3 is 10.2 Å². The van der Waals surface area contributed by atoms with Crippen LogP contribution in [0.1, 0.15) is 21.5 Å². The quantitative estimate of drug-likeness (QED) is 0.931. The first-order valence-corrected chi connectivity index (χ1v) is 6.52. The first-order chi connectivity index (χ1) is 9.54. The van der Waals surface area contributed by atoms with Gasteiger partial charge in [0.05, 0.1) is 5.56 Å². The number of aromatic nitrogens is 1. The molecule has 1 aromatic carbocycles. The largest absolute Gasteiger partial charge is 0.372 e. The Morgan fingerprint density at radius 1 is 1.25 bits per heavy atom. The molecular weight excluding hydrogens is 250 g/mol. The molecule has 0 aliphatic rings. The Kier molecular flexibility index (Phi) is 4.03. The van der Waals surface area contributed by atoms with Crippen LogP contribution in [0.15, 0.2) is 36.5 Å². The molecule has 1 N–H and O–H groups in total. The number of pyridine rings is 1. The topological polar surface area (TPSA) is 45.2 Å². The van der Waals surface area contributed by atoms with Gasteiger partial charge in [0, 0.05) is 26.0 Å². The Labute approximate surface area is 119 Å². The van der Waals surface area contributed by atoms with E-state index < -0.39 is 0 Å². The monoisotopic (exact) mass is 269 g/mol. The number of nitrogens with one attached hydrogen (secondary N) is 1. The Morgan fingerprint density at radius 2 is 2.00 bits per heavy atom. The van der Waals surface area contributed by atoms with E-state index in [9.17, 15) is 4.79 Å². The van der Waals surface area contributed by atoms with Gasteiger partial charge in [0.1, 0.15) is 5.82 Å². The van der Waals surface area contributed by atoms with E-state index in [1.807, 2.05) is 26.0 Å². The summed E-state index contributed by atoms with van der Waals surface area (Å²) >= 11 is 0. The molecule has 1 aromatic heterocycles. The van der Waals surface area contributed by atoms with Crippen molar-refractivity contribution in [2.45, 2.75) is 13.8 Å². The summed E-state index contributed by atoms with van der Waals surface area (Å²) in [5.74, 6) is 0.517. The molecule has 0 atom stereocenters. The summed E-state index contributed by atoms with van der Waals surface area (Å²) in [5.41, 5.74) is 3.74. The van der Waals surface area contributed by atoms with Gasteiger partial charge in [-0.1, -0.05) is 17.7 Å². The van der Waals surface area contributed by atoms with E-state index in [4.69, 9.17) is 0 Å². The van der Waals surface area contributed by atoms with E-state index in [1.165, 1.54) is 5.56 Å². The zero-order valence-corrected chi connectivity index (χ0v) is 12.3. The molecular formula is C16H19N3O. The van der Waals surface area contributed by atoms with Gasteiger partial charge in [-0.3, -0.25) is 4.79 Å². The zero-order chi connectivity index (χ0) is 14.7. The molecule has 0 radical (unpaired) electrons. The van der Waals surface area contributed by atoms with Gasteiger partial charge in [0.2, 0.25) is 0 Å². The number of amides is 1. The highest BCUT2D eigenvalue weighted by atomic mass is 16.2. The minimum Gasteiger partial charge on any atom is -0.372 e. The maximum Gasteiger partial charge on any atom is 0.261 e. The second-order valence-electron chi connectivity index (χ2n) is 4.80. The molecule has 0 fully saturated rings. The summed E-state index contributed by atoms with van der Waals surface area (Å²) in [4.78, 5) is 18.4. The van der Waals surface area contributed by atoms with Gasteiger partial charge in [0.25, 0.3) is 5.91 Å². The van der Waals surface area contributed by atoms with Crippen molar-refractivity contribution in [1.82, 2.24) is 4.98 Å². The minimum absolute atomic E-state index is 0.0746. The van der Waals surface area contributed by atoms with Crippen LogP contribution in [0.25, 0.3) is 0 Å². The molecule has 2 aromatic rings. The Bertz CT molecular complexity index is 637. The third kappa shape index (κ3) is 2.64. The van der Waals surface area contributed by atoms with E-state index in [0.717, 1.165) is 11.3 Å². The first kappa shape index (κ1) is 14.1. The normalized spacial score (nSPS) is 10.2. The molecule has 4 nitrogen and oxygen atoms in total. The maximum absolute atomic E-state index is 12.6.